The molecule has 0 amide bonds. The molecule has 0 radical (unpaired) electrons. The first kappa shape index (κ1) is 29.1. The predicted octanol–water partition coefficient (Wildman–Crippen LogP) is 5.25. The number of alkyl halides is 3. The molecule has 11 heteroatoms. The molecule has 0 heterocycles. The van der Waals surface area contributed by atoms with Crippen LogP contribution in [0, 0.1) is 0 Å². The largest absolute Gasteiger partial charge is 0.495 e. The van der Waals surface area contributed by atoms with E-state index in [9.17, 15) is 22.2 Å². The lowest BCUT2D eigenvalue weighted by Crippen LogP contribution is -2.22. The van der Waals surface area contributed by atoms with Crippen LogP contribution >= 0.6 is 0 Å². The molecular formula is C28H27F3N4O3S. The molecule has 0 aliphatic heterocycles. The number of methoxy groups -OCH3 is 1. The number of nitrogens with one attached hydrogen (secondary N) is 1. The zero-order chi connectivity index (χ0) is 28.6. The van der Waals surface area contributed by atoms with Crippen LogP contribution in [-0.4, -0.2) is 24.7 Å². The summed E-state index contributed by atoms with van der Waals surface area (Å²) in [6, 6.07) is 15.1. The smallest absolute Gasteiger partial charge is 0.416 e. The predicted molar refractivity (Wildman–Crippen MR) is 148 cm³/mol. The molecule has 39 heavy (non-hydrogen) atoms. The van der Waals surface area contributed by atoms with Crippen molar-refractivity contribution in [3.8, 4) is 16.9 Å². The topological polar surface area (TPSA) is 111 Å². The summed E-state index contributed by atoms with van der Waals surface area (Å²) in [4.78, 5) is 13.2. The molecule has 0 saturated carbocycles. The number of nitrogens with zero attached hydrogens (tertiary/aromatic N) is 1. The van der Waals surface area contributed by atoms with Crippen molar-refractivity contribution in [3.05, 3.63) is 102 Å². The third-order valence-electron chi connectivity index (χ3n) is 5.59. The minimum absolute atomic E-state index is 0.145. The summed E-state index contributed by atoms with van der Waals surface area (Å²) in [6.45, 7) is 0. The highest BCUT2D eigenvalue weighted by molar-refractivity contribution is 7.83. The van der Waals surface area contributed by atoms with E-state index in [4.69, 9.17) is 16.2 Å². The maximum Gasteiger partial charge on any atom is 0.416 e. The van der Waals surface area contributed by atoms with Gasteiger partial charge in [0.25, 0.3) is 0 Å². The van der Waals surface area contributed by atoms with Crippen molar-refractivity contribution >= 4 is 34.7 Å². The first-order valence-corrected chi connectivity index (χ1v) is 12.6. The highest BCUT2D eigenvalue weighted by Crippen LogP contribution is 2.39. The highest BCUT2D eigenvalue weighted by atomic mass is 32.2. The fourth-order valence-electron chi connectivity index (χ4n) is 3.73. The summed E-state index contributed by atoms with van der Waals surface area (Å²) < 4.78 is 60.6. The quantitative estimate of drug-likeness (QED) is 0.179. The van der Waals surface area contributed by atoms with Gasteiger partial charge in [0.1, 0.15) is 17.9 Å². The number of halogens is 3. The Labute approximate surface area is 226 Å². The Bertz CT molecular complexity index is 1450. The number of ether oxygens (including phenoxy) is 1. The third-order valence-corrected chi connectivity index (χ3v) is 6.69. The van der Waals surface area contributed by atoms with Crippen molar-refractivity contribution in [2.24, 2.45) is 11.5 Å². The Kier molecular flexibility index (Phi) is 9.56. The summed E-state index contributed by atoms with van der Waals surface area (Å²) >= 11 is 0. The monoisotopic (exact) mass is 556 g/mol. The van der Waals surface area contributed by atoms with E-state index in [1.54, 1.807) is 60.5 Å². The minimum atomic E-state index is -4.46. The second-order valence-electron chi connectivity index (χ2n) is 8.12. The molecule has 3 aromatic carbocycles. The number of aldehydes is 1. The number of carbonyl (C=O) groups is 1. The van der Waals surface area contributed by atoms with E-state index in [2.05, 4.69) is 4.72 Å². The minimum Gasteiger partial charge on any atom is -0.495 e. The molecule has 1 atom stereocenters. The summed E-state index contributed by atoms with van der Waals surface area (Å²) in [5.41, 5.74) is 13.1. The Morgan fingerprint density at radius 2 is 1.74 bits per heavy atom. The van der Waals surface area contributed by atoms with Crippen LogP contribution in [0.15, 0.2) is 95.8 Å². The zero-order valence-corrected chi connectivity index (χ0v) is 21.9. The standard InChI is InChI=1S/C28H27F3N4O3S/c1-35(24-13-11-23(17-21(24)7-5-15-36)39(37)34-27(33)9-4-14-32)25-12-10-20(18-26(25)38-2)19-6-3-8-22(16-19)28(29,30)31/h3-18,34H,32-33H2,1-2H3/b7-5-,14-4-,27-9+. The van der Waals surface area contributed by atoms with Gasteiger partial charge in [-0.3, -0.25) is 9.52 Å². The van der Waals surface area contributed by atoms with Gasteiger partial charge >= 0.3 is 6.18 Å². The molecule has 0 spiro atoms. The van der Waals surface area contributed by atoms with E-state index in [-0.39, 0.29) is 5.82 Å². The summed E-state index contributed by atoms with van der Waals surface area (Å²) in [5, 5.41) is 0. The number of carbonyl (C=O) groups excluding carboxylic acids is 1. The van der Waals surface area contributed by atoms with Crippen LogP contribution in [0.25, 0.3) is 17.2 Å². The Morgan fingerprint density at radius 3 is 2.41 bits per heavy atom. The Hall–Kier alpha value is -4.51. The first-order chi connectivity index (χ1) is 18.6. The molecule has 0 saturated heterocycles. The number of hydrogen-bond acceptors (Lipinski definition) is 6. The normalized spacial score (nSPS) is 13.0. The van der Waals surface area contributed by atoms with Crippen LogP contribution in [0.5, 0.6) is 5.75 Å². The third kappa shape index (κ3) is 7.29. The van der Waals surface area contributed by atoms with Crippen molar-refractivity contribution in [1.82, 2.24) is 4.72 Å². The van der Waals surface area contributed by atoms with Gasteiger partial charge in [0.2, 0.25) is 0 Å². The van der Waals surface area contributed by atoms with E-state index in [0.717, 1.165) is 12.1 Å². The second-order valence-corrected chi connectivity index (χ2v) is 9.33. The van der Waals surface area contributed by atoms with Gasteiger partial charge in [0.05, 0.1) is 23.3 Å². The molecule has 5 N–H and O–H groups in total. The average Bonchev–Trinajstić information content (AvgIpc) is 2.93. The van der Waals surface area contributed by atoms with E-state index in [0.29, 0.717) is 45.0 Å². The fourth-order valence-corrected chi connectivity index (χ4v) is 4.55. The van der Waals surface area contributed by atoms with Gasteiger partial charge in [0.15, 0.2) is 11.0 Å². The summed E-state index contributed by atoms with van der Waals surface area (Å²) in [7, 11) is 1.53. The molecule has 0 fully saturated rings. The van der Waals surface area contributed by atoms with Gasteiger partial charge in [-0.15, -0.1) is 0 Å². The lowest BCUT2D eigenvalue weighted by molar-refractivity contribution is -0.137. The Balaban J connectivity index is 1.99. The van der Waals surface area contributed by atoms with Crippen LogP contribution < -0.4 is 25.8 Å². The molecule has 0 bridgehead atoms. The lowest BCUT2D eigenvalue weighted by Gasteiger charge is -2.25. The van der Waals surface area contributed by atoms with Crippen molar-refractivity contribution in [2.75, 3.05) is 19.1 Å². The summed E-state index contributed by atoms with van der Waals surface area (Å²) in [5.74, 6) is 0.560. The maximum absolute atomic E-state index is 13.2. The van der Waals surface area contributed by atoms with E-state index >= 15 is 0 Å². The SMILES string of the molecule is COc1cc(-c2cccc(C(F)(F)F)c2)ccc1N(C)c1ccc(S(=O)N/C(N)=C/C=C\N)cc1/C=C\C=O. The number of rotatable bonds is 10. The molecule has 1 unspecified atom stereocenters. The van der Waals surface area contributed by atoms with Gasteiger partial charge in [0, 0.05) is 12.7 Å². The Morgan fingerprint density at radius 1 is 1.03 bits per heavy atom. The molecule has 0 aromatic heterocycles. The number of nitrogens with two attached hydrogens (primary N) is 2. The van der Waals surface area contributed by atoms with Gasteiger partial charge in [-0.1, -0.05) is 18.2 Å². The van der Waals surface area contributed by atoms with Gasteiger partial charge < -0.3 is 21.1 Å². The van der Waals surface area contributed by atoms with E-state index in [1.807, 2.05) is 0 Å². The van der Waals surface area contributed by atoms with Crippen LogP contribution in [0.4, 0.5) is 24.5 Å². The molecule has 0 aliphatic rings. The van der Waals surface area contributed by atoms with Crippen molar-refractivity contribution in [3.63, 3.8) is 0 Å². The van der Waals surface area contributed by atoms with Gasteiger partial charge in [-0.05, 0) is 89.7 Å². The lowest BCUT2D eigenvalue weighted by atomic mass is 10.0. The number of hydrogen-bond donors (Lipinski definition) is 3. The van der Waals surface area contributed by atoms with Crippen molar-refractivity contribution in [1.29, 1.82) is 0 Å². The van der Waals surface area contributed by atoms with Crippen LogP contribution in [0.2, 0.25) is 0 Å². The van der Waals surface area contributed by atoms with E-state index < -0.39 is 22.7 Å². The summed E-state index contributed by atoms with van der Waals surface area (Å²) in [6.07, 6.45) is 3.27. The highest BCUT2D eigenvalue weighted by Gasteiger charge is 2.30. The zero-order valence-electron chi connectivity index (χ0n) is 21.1. The molecule has 0 aliphatic carbocycles. The molecule has 7 nitrogen and oxygen atoms in total. The number of allylic oxidation sites excluding steroid dienone is 3. The average molecular weight is 557 g/mol. The molecule has 204 valence electrons. The first-order valence-electron chi connectivity index (χ1n) is 11.5. The number of anilines is 2. The number of benzene rings is 3. The van der Waals surface area contributed by atoms with Crippen LogP contribution in [-0.2, 0) is 22.0 Å². The van der Waals surface area contributed by atoms with E-state index in [1.165, 1.54) is 37.6 Å². The second kappa shape index (κ2) is 12.8. The molecular weight excluding hydrogens is 529 g/mol. The van der Waals surface area contributed by atoms with Gasteiger partial charge in [-0.25, -0.2) is 4.21 Å². The maximum atomic E-state index is 13.2. The van der Waals surface area contributed by atoms with Crippen LogP contribution in [0.3, 0.4) is 0 Å². The van der Waals surface area contributed by atoms with Crippen LogP contribution in [0.1, 0.15) is 11.1 Å². The molecule has 3 aromatic rings. The van der Waals surface area contributed by atoms with Gasteiger partial charge in [-0.2, -0.15) is 13.2 Å². The molecule has 3 rings (SSSR count). The fraction of sp³-hybridized carbons (Fsp3) is 0.107. The van der Waals surface area contributed by atoms with Crippen molar-refractivity contribution in [2.45, 2.75) is 11.1 Å². The van der Waals surface area contributed by atoms with Crippen molar-refractivity contribution < 1.29 is 26.9 Å².